The van der Waals surface area contributed by atoms with Gasteiger partial charge in [0.1, 0.15) is 0 Å². The number of rotatable bonds is 2. The second-order valence-corrected chi connectivity index (χ2v) is 3.77. The number of aliphatic hydroxyl groups excluding tert-OH is 1. The van der Waals surface area contributed by atoms with Gasteiger partial charge >= 0.3 is 0 Å². The first kappa shape index (κ1) is 10.0. The largest absolute Gasteiger partial charge is 0.393 e. The van der Waals surface area contributed by atoms with Gasteiger partial charge in [0.05, 0.1) is 6.10 Å². The van der Waals surface area contributed by atoms with Crippen molar-refractivity contribution in [3.05, 3.63) is 0 Å². The fraction of sp³-hybridized carbons (Fsp3) is 1.00. The number of likely N-dealkylation sites (tertiary alicyclic amines) is 1. The minimum atomic E-state index is -0.0495. The predicted molar refractivity (Wildman–Crippen MR) is 51.1 cm³/mol. The van der Waals surface area contributed by atoms with Crippen molar-refractivity contribution in [2.45, 2.75) is 39.2 Å². The SMILES string of the molecule is CC[C@H]1CN(CC)CCC[C@@H]1O. The van der Waals surface area contributed by atoms with Crippen molar-refractivity contribution in [2.75, 3.05) is 19.6 Å². The molecule has 1 N–H and O–H groups in total. The molecule has 1 fully saturated rings. The highest BCUT2D eigenvalue weighted by molar-refractivity contribution is 4.76. The van der Waals surface area contributed by atoms with E-state index in [1.165, 1.54) is 6.54 Å². The van der Waals surface area contributed by atoms with E-state index < -0.39 is 0 Å². The summed E-state index contributed by atoms with van der Waals surface area (Å²) in [6, 6.07) is 0. The summed E-state index contributed by atoms with van der Waals surface area (Å²) in [6.07, 6.45) is 3.21. The van der Waals surface area contributed by atoms with Crippen LogP contribution < -0.4 is 0 Å². The first-order chi connectivity index (χ1) is 5.77. The van der Waals surface area contributed by atoms with Crippen LogP contribution in [0.1, 0.15) is 33.1 Å². The van der Waals surface area contributed by atoms with Crippen molar-refractivity contribution in [2.24, 2.45) is 5.92 Å². The molecule has 1 aliphatic rings. The lowest BCUT2D eigenvalue weighted by molar-refractivity contribution is 0.0926. The second kappa shape index (κ2) is 4.83. The highest BCUT2D eigenvalue weighted by Gasteiger charge is 2.22. The molecule has 12 heavy (non-hydrogen) atoms. The highest BCUT2D eigenvalue weighted by Crippen LogP contribution is 2.19. The van der Waals surface area contributed by atoms with Gasteiger partial charge in [-0.3, -0.25) is 0 Å². The zero-order valence-electron chi connectivity index (χ0n) is 8.29. The molecule has 72 valence electrons. The fourth-order valence-electron chi connectivity index (χ4n) is 1.99. The zero-order valence-corrected chi connectivity index (χ0v) is 8.29. The van der Waals surface area contributed by atoms with Crippen LogP contribution in [0.3, 0.4) is 0 Å². The number of hydrogen-bond acceptors (Lipinski definition) is 2. The van der Waals surface area contributed by atoms with Gasteiger partial charge in [-0.2, -0.15) is 0 Å². The van der Waals surface area contributed by atoms with E-state index in [0.29, 0.717) is 5.92 Å². The third-order valence-corrected chi connectivity index (χ3v) is 2.98. The maximum atomic E-state index is 9.74. The standard InChI is InChI=1S/C10H21NO/c1-3-9-8-11(4-2)7-5-6-10(9)12/h9-10,12H,3-8H2,1-2H3/t9-,10-/m0/s1. The molecule has 0 saturated carbocycles. The van der Waals surface area contributed by atoms with Gasteiger partial charge in [-0.15, -0.1) is 0 Å². The van der Waals surface area contributed by atoms with Crippen LogP contribution in [0.2, 0.25) is 0 Å². The van der Waals surface area contributed by atoms with Crippen molar-refractivity contribution < 1.29 is 5.11 Å². The smallest absolute Gasteiger partial charge is 0.0581 e. The number of nitrogens with zero attached hydrogens (tertiary/aromatic N) is 1. The van der Waals surface area contributed by atoms with E-state index in [1.807, 2.05) is 0 Å². The number of aliphatic hydroxyl groups is 1. The Bertz CT molecular complexity index is 127. The molecule has 0 aromatic rings. The van der Waals surface area contributed by atoms with Crippen molar-refractivity contribution in [3.8, 4) is 0 Å². The Morgan fingerprint density at radius 3 is 2.75 bits per heavy atom. The Labute approximate surface area is 75.6 Å². The van der Waals surface area contributed by atoms with E-state index in [2.05, 4.69) is 18.7 Å². The van der Waals surface area contributed by atoms with Crippen molar-refractivity contribution >= 4 is 0 Å². The summed E-state index contributed by atoms with van der Waals surface area (Å²) in [6.45, 7) is 7.76. The average Bonchev–Trinajstić information content (AvgIpc) is 2.27. The molecular formula is C10H21NO. The molecule has 0 aliphatic carbocycles. The number of hydrogen-bond donors (Lipinski definition) is 1. The molecule has 2 heteroatoms. The Kier molecular flexibility index (Phi) is 4.02. The molecule has 0 radical (unpaired) electrons. The van der Waals surface area contributed by atoms with Crippen molar-refractivity contribution in [1.29, 1.82) is 0 Å². The molecule has 2 atom stereocenters. The summed E-state index contributed by atoms with van der Waals surface area (Å²) >= 11 is 0. The third kappa shape index (κ3) is 2.46. The van der Waals surface area contributed by atoms with Gasteiger partial charge in [0, 0.05) is 6.54 Å². The van der Waals surface area contributed by atoms with Gasteiger partial charge in [0.2, 0.25) is 0 Å². The fourth-order valence-corrected chi connectivity index (χ4v) is 1.99. The van der Waals surface area contributed by atoms with Gasteiger partial charge in [0.25, 0.3) is 0 Å². The Hall–Kier alpha value is -0.0800. The third-order valence-electron chi connectivity index (χ3n) is 2.98. The Morgan fingerprint density at radius 2 is 2.17 bits per heavy atom. The molecule has 1 heterocycles. The molecule has 0 amide bonds. The quantitative estimate of drug-likeness (QED) is 0.680. The van der Waals surface area contributed by atoms with Crippen LogP contribution in [-0.2, 0) is 0 Å². The molecular weight excluding hydrogens is 150 g/mol. The van der Waals surface area contributed by atoms with Crippen LogP contribution in [0.15, 0.2) is 0 Å². The van der Waals surface area contributed by atoms with Gasteiger partial charge in [-0.1, -0.05) is 13.8 Å². The molecule has 0 bridgehead atoms. The van der Waals surface area contributed by atoms with Gasteiger partial charge < -0.3 is 10.0 Å². The maximum absolute atomic E-state index is 9.74. The summed E-state index contributed by atoms with van der Waals surface area (Å²) in [5, 5.41) is 9.74. The molecule has 1 rings (SSSR count). The monoisotopic (exact) mass is 171 g/mol. The molecule has 0 aromatic carbocycles. The summed E-state index contributed by atoms with van der Waals surface area (Å²) < 4.78 is 0. The summed E-state index contributed by atoms with van der Waals surface area (Å²) in [5.74, 6) is 0.507. The molecule has 0 spiro atoms. The van der Waals surface area contributed by atoms with Gasteiger partial charge in [-0.25, -0.2) is 0 Å². The Balaban J connectivity index is 2.46. The summed E-state index contributed by atoms with van der Waals surface area (Å²) in [5.41, 5.74) is 0. The van der Waals surface area contributed by atoms with Crippen LogP contribution in [0.4, 0.5) is 0 Å². The van der Waals surface area contributed by atoms with E-state index >= 15 is 0 Å². The lowest BCUT2D eigenvalue weighted by Crippen LogP contribution is -2.31. The van der Waals surface area contributed by atoms with E-state index in [1.54, 1.807) is 0 Å². The molecule has 1 saturated heterocycles. The van der Waals surface area contributed by atoms with E-state index in [0.717, 1.165) is 32.4 Å². The minimum Gasteiger partial charge on any atom is -0.393 e. The lowest BCUT2D eigenvalue weighted by atomic mass is 9.97. The Morgan fingerprint density at radius 1 is 1.42 bits per heavy atom. The van der Waals surface area contributed by atoms with Crippen LogP contribution in [0, 0.1) is 5.92 Å². The first-order valence-electron chi connectivity index (χ1n) is 5.18. The van der Waals surface area contributed by atoms with Crippen LogP contribution >= 0.6 is 0 Å². The molecule has 0 unspecified atom stereocenters. The summed E-state index contributed by atoms with van der Waals surface area (Å²) in [4.78, 5) is 2.45. The van der Waals surface area contributed by atoms with E-state index in [9.17, 15) is 5.11 Å². The van der Waals surface area contributed by atoms with Gasteiger partial charge in [-0.05, 0) is 38.3 Å². The van der Waals surface area contributed by atoms with Crippen LogP contribution in [0.25, 0.3) is 0 Å². The zero-order chi connectivity index (χ0) is 8.97. The first-order valence-corrected chi connectivity index (χ1v) is 5.18. The molecule has 2 nitrogen and oxygen atoms in total. The van der Waals surface area contributed by atoms with E-state index in [4.69, 9.17) is 0 Å². The minimum absolute atomic E-state index is 0.0495. The second-order valence-electron chi connectivity index (χ2n) is 3.77. The van der Waals surface area contributed by atoms with Crippen LogP contribution in [0.5, 0.6) is 0 Å². The predicted octanol–water partition coefficient (Wildman–Crippen LogP) is 1.49. The van der Waals surface area contributed by atoms with Crippen molar-refractivity contribution in [1.82, 2.24) is 4.90 Å². The maximum Gasteiger partial charge on any atom is 0.0581 e. The summed E-state index contributed by atoms with van der Waals surface area (Å²) in [7, 11) is 0. The molecule has 1 aliphatic heterocycles. The normalized spacial score (nSPS) is 33.2. The van der Waals surface area contributed by atoms with E-state index in [-0.39, 0.29) is 6.10 Å². The topological polar surface area (TPSA) is 23.5 Å². The van der Waals surface area contributed by atoms with Crippen molar-refractivity contribution in [3.63, 3.8) is 0 Å². The van der Waals surface area contributed by atoms with Gasteiger partial charge in [0.15, 0.2) is 0 Å². The molecule has 0 aromatic heterocycles. The highest BCUT2D eigenvalue weighted by atomic mass is 16.3. The van der Waals surface area contributed by atoms with Crippen LogP contribution in [-0.4, -0.2) is 35.7 Å². The lowest BCUT2D eigenvalue weighted by Gasteiger charge is -2.23. The average molecular weight is 171 g/mol.